The molecular weight excluding hydrogens is 370 g/mol. The minimum absolute atomic E-state index is 0.147. The van der Waals surface area contributed by atoms with Crippen LogP contribution in [0.15, 0.2) is 47.3 Å². The van der Waals surface area contributed by atoms with Crippen LogP contribution in [-0.2, 0) is 20.7 Å². The number of rotatable bonds is 6. The van der Waals surface area contributed by atoms with Crippen molar-refractivity contribution in [1.82, 2.24) is 10.2 Å². The molecule has 150 valence electrons. The van der Waals surface area contributed by atoms with E-state index in [1.807, 2.05) is 39.0 Å². The quantitative estimate of drug-likeness (QED) is 0.627. The van der Waals surface area contributed by atoms with Gasteiger partial charge in [-0.2, -0.15) is 5.10 Å². The van der Waals surface area contributed by atoms with Crippen LogP contribution >= 0.6 is 0 Å². The first-order valence-electron chi connectivity index (χ1n) is 9.38. The summed E-state index contributed by atoms with van der Waals surface area (Å²) in [5, 5.41) is 10.2. The number of carbonyl (C=O) groups excluding carboxylic acids is 2. The van der Waals surface area contributed by atoms with Crippen molar-refractivity contribution in [2.75, 3.05) is 11.9 Å². The Balaban J connectivity index is 1.64. The molecule has 0 unspecified atom stereocenters. The van der Waals surface area contributed by atoms with Crippen LogP contribution in [0.5, 0.6) is 0 Å². The van der Waals surface area contributed by atoms with Gasteiger partial charge in [0.2, 0.25) is 0 Å². The van der Waals surface area contributed by atoms with Gasteiger partial charge in [0, 0.05) is 11.1 Å². The van der Waals surface area contributed by atoms with Crippen LogP contribution in [0.3, 0.4) is 0 Å². The summed E-state index contributed by atoms with van der Waals surface area (Å²) in [5.74, 6) is -0.764. The molecule has 7 nitrogen and oxygen atoms in total. The molecule has 0 aliphatic carbocycles. The van der Waals surface area contributed by atoms with Gasteiger partial charge in [-0.15, -0.1) is 0 Å². The molecule has 3 rings (SSSR count). The Bertz CT molecular complexity index is 1120. The summed E-state index contributed by atoms with van der Waals surface area (Å²) in [6, 6.07) is 12.7. The van der Waals surface area contributed by atoms with Gasteiger partial charge < -0.3 is 10.1 Å². The number of benzene rings is 2. The SMILES string of the molecule is Cc1cccc(C(C)C)c1NC(=O)COC(=O)Cc1n[nH]c(=O)c2ccccc12. The number of ether oxygens (including phenoxy) is 1. The summed E-state index contributed by atoms with van der Waals surface area (Å²) in [7, 11) is 0. The van der Waals surface area contributed by atoms with Gasteiger partial charge in [-0.25, -0.2) is 5.10 Å². The number of anilines is 1. The molecule has 0 radical (unpaired) electrons. The van der Waals surface area contributed by atoms with Gasteiger partial charge in [-0.1, -0.05) is 50.2 Å². The van der Waals surface area contributed by atoms with E-state index in [-0.39, 0.29) is 17.9 Å². The van der Waals surface area contributed by atoms with Crippen LogP contribution in [-0.4, -0.2) is 28.7 Å². The van der Waals surface area contributed by atoms with E-state index in [0.717, 1.165) is 16.8 Å². The van der Waals surface area contributed by atoms with Crippen molar-refractivity contribution >= 4 is 28.3 Å². The average molecular weight is 393 g/mol. The highest BCUT2D eigenvalue weighted by molar-refractivity contribution is 5.94. The average Bonchev–Trinajstić information content (AvgIpc) is 2.70. The first kappa shape index (κ1) is 20.3. The van der Waals surface area contributed by atoms with E-state index < -0.39 is 18.5 Å². The summed E-state index contributed by atoms with van der Waals surface area (Å²) in [5.41, 5.74) is 2.79. The third kappa shape index (κ3) is 4.68. The van der Waals surface area contributed by atoms with Gasteiger partial charge in [0.15, 0.2) is 6.61 Å². The number of H-pyrrole nitrogens is 1. The summed E-state index contributed by atoms with van der Waals surface area (Å²) >= 11 is 0. The second-order valence-corrected chi connectivity index (χ2v) is 7.12. The van der Waals surface area contributed by atoms with Crippen molar-refractivity contribution in [2.24, 2.45) is 0 Å². The Morgan fingerprint density at radius 3 is 2.55 bits per heavy atom. The number of esters is 1. The Morgan fingerprint density at radius 2 is 1.83 bits per heavy atom. The largest absolute Gasteiger partial charge is 0.455 e. The van der Waals surface area contributed by atoms with Gasteiger partial charge >= 0.3 is 5.97 Å². The van der Waals surface area contributed by atoms with Crippen LogP contribution < -0.4 is 10.9 Å². The third-order valence-electron chi connectivity index (χ3n) is 4.64. The molecule has 7 heteroatoms. The zero-order valence-electron chi connectivity index (χ0n) is 16.6. The van der Waals surface area contributed by atoms with Crippen LogP contribution in [0.2, 0.25) is 0 Å². The predicted molar refractivity (Wildman–Crippen MR) is 111 cm³/mol. The molecule has 1 aromatic heterocycles. The number of nitrogens with one attached hydrogen (secondary N) is 2. The molecule has 0 aliphatic rings. The minimum Gasteiger partial charge on any atom is -0.455 e. The number of aromatic amines is 1. The Hall–Kier alpha value is -3.48. The molecule has 0 fully saturated rings. The minimum atomic E-state index is -0.598. The van der Waals surface area contributed by atoms with Gasteiger partial charge in [0.05, 0.1) is 17.5 Å². The van der Waals surface area contributed by atoms with E-state index >= 15 is 0 Å². The van der Waals surface area contributed by atoms with Crippen molar-refractivity contribution in [1.29, 1.82) is 0 Å². The lowest BCUT2D eigenvalue weighted by Gasteiger charge is -2.16. The second kappa shape index (κ2) is 8.68. The number of carbonyl (C=O) groups is 2. The molecule has 1 amide bonds. The zero-order chi connectivity index (χ0) is 21.0. The Kier molecular flexibility index (Phi) is 6.07. The first-order valence-corrected chi connectivity index (χ1v) is 9.38. The summed E-state index contributed by atoms with van der Waals surface area (Å²) in [4.78, 5) is 36.3. The second-order valence-electron chi connectivity index (χ2n) is 7.12. The molecule has 0 bridgehead atoms. The lowest BCUT2D eigenvalue weighted by atomic mass is 9.98. The lowest BCUT2D eigenvalue weighted by Crippen LogP contribution is -2.23. The number of fused-ring (bicyclic) bond motifs is 1. The Morgan fingerprint density at radius 1 is 1.10 bits per heavy atom. The number of hydrogen-bond donors (Lipinski definition) is 2. The maximum absolute atomic E-state index is 12.3. The molecule has 1 heterocycles. The predicted octanol–water partition coefficient (Wildman–Crippen LogP) is 3.08. The fourth-order valence-electron chi connectivity index (χ4n) is 3.16. The van der Waals surface area contributed by atoms with Crippen molar-refractivity contribution < 1.29 is 14.3 Å². The highest BCUT2D eigenvalue weighted by Gasteiger charge is 2.15. The first-order chi connectivity index (χ1) is 13.9. The molecule has 0 saturated carbocycles. The third-order valence-corrected chi connectivity index (χ3v) is 4.64. The van der Waals surface area contributed by atoms with Crippen LogP contribution in [0.25, 0.3) is 10.8 Å². The van der Waals surface area contributed by atoms with Gasteiger partial charge in [-0.05, 0) is 30.0 Å². The topological polar surface area (TPSA) is 101 Å². The van der Waals surface area contributed by atoms with Crippen molar-refractivity contribution in [3.8, 4) is 0 Å². The van der Waals surface area contributed by atoms with Crippen LogP contribution in [0.1, 0.15) is 36.6 Å². The summed E-state index contributed by atoms with van der Waals surface area (Å²) in [6.07, 6.45) is -0.147. The molecule has 3 aromatic rings. The van der Waals surface area contributed by atoms with E-state index in [1.165, 1.54) is 0 Å². The van der Waals surface area contributed by atoms with Crippen LogP contribution in [0.4, 0.5) is 5.69 Å². The van der Waals surface area contributed by atoms with E-state index in [1.54, 1.807) is 24.3 Å². The summed E-state index contributed by atoms with van der Waals surface area (Å²) < 4.78 is 5.12. The van der Waals surface area contributed by atoms with Gasteiger partial charge in [0.25, 0.3) is 11.5 Å². The number of aromatic nitrogens is 2. The molecule has 2 N–H and O–H groups in total. The molecule has 0 saturated heterocycles. The zero-order valence-corrected chi connectivity index (χ0v) is 16.6. The van der Waals surface area contributed by atoms with Gasteiger partial charge in [-0.3, -0.25) is 14.4 Å². The maximum Gasteiger partial charge on any atom is 0.312 e. The summed E-state index contributed by atoms with van der Waals surface area (Å²) in [6.45, 7) is 5.62. The fraction of sp³-hybridized carbons (Fsp3) is 0.273. The maximum atomic E-state index is 12.3. The van der Waals surface area contributed by atoms with Crippen molar-refractivity contribution in [3.05, 3.63) is 69.6 Å². The molecule has 2 aromatic carbocycles. The fourth-order valence-corrected chi connectivity index (χ4v) is 3.16. The number of amides is 1. The Labute approximate surface area is 168 Å². The van der Waals surface area contributed by atoms with E-state index in [2.05, 4.69) is 15.5 Å². The standard InChI is InChI=1S/C22H23N3O4/c1-13(2)15-10-6-7-14(3)21(15)23-19(26)12-29-20(27)11-18-16-8-4-5-9-17(16)22(28)25-24-18/h4-10,13H,11-12H2,1-3H3,(H,23,26)(H,25,28). The van der Waals surface area contributed by atoms with Crippen molar-refractivity contribution in [2.45, 2.75) is 33.1 Å². The highest BCUT2D eigenvalue weighted by Crippen LogP contribution is 2.27. The molecular formula is C22H23N3O4. The normalized spacial score (nSPS) is 10.9. The van der Waals surface area contributed by atoms with E-state index in [0.29, 0.717) is 16.5 Å². The monoisotopic (exact) mass is 393 g/mol. The smallest absolute Gasteiger partial charge is 0.312 e. The molecule has 0 aliphatic heterocycles. The molecule has 29 heavy (non-hydrogen) atoms. The number of para-hydroxylation sites is 1. The lowest BCUT2D eigenvalue weighted by molar-refractivity contribution is -0.146. The molecule has 0 spiro atoms. The molecule has 0 atom stereocenters. The van der Waals surface area contributed by atoms with Gasteiger partial charge in [0.1, 0.15) is 0 Å². The van der Waals surface area contributed by atoms with Crippen LogP contribution in [0, 0.1) is 6.92 Å². The number of hydrogen-bond acceptors (Lipinski definition) is 5. The number of nitrogens with zero attached hydrogens (tertiary/aromatic N) is 1. The number of aryl methyl sites for hydroxylation is 1. The van der Waals surface area contributed by atoms with E-state index in [4.69, 9.17) is 4.74 Å². The highest BCUT2D eigenvalue weighted by atomic mass is 16.5. The van der Waals surface area contributed by atoms with Crippen molar-refractivity contribution in [3.63, 3.8) is 0 Å². The van der Waals surface area contributed by atoms with E-state index in [9.17, 15) is 14.4 Å².